The van der Waals surface area contributed by atoms with E-state index in [-0.39, 0.29) is 5.75 Å². The van der Waals surface area contributed by atoms with Gasteiger partial charge in [-0.25, -0.2) is 0 Å². The van der Waals surface area contributed by atoms with Gasteiger partial charge >= 0.3 is 0 Å². The van der Waals surface area contributed by atoms with Crippen molar-refractivity contribution in [2.24, 2.45) is 5.92 Å². The van der Waals surface area contributed by atoms with Crippen molar-refractivity contribution >= 4 is 11.6 Å². The SMILES string of the molecule is Cc1cc(Cl)cc(CNCC(O)COCC(C)C)c1O. The largest absolute Gasteiger partial charge is 0.507 e. The number of hydrogen-bond acceptors (Lipinski definition) is 4. The van der Waals surface area contributed by atoms with Crippen molar-refractivity contribution in [3.8, 4) is 5.75 Å². The molecule has 20 heavy (non-hydrogen) atoms. The van der Waals surface area contributed by atoms with Crippen LogP contribution in [-0.4, -0.2) is 36.1 Å². The number of ether oxygens (including phenoxy) is 1. The van der Waals surface area contributed by atoms with E-state index >= 15 is 0 Å². The monoisotopic (exact) mass is 301 g/mol. The number of hydrogen-bond donors (Lipinski definition) is 3. The number of rotatable bonds is 8. The number of nitrogens with one attached hydrogen (secondary N) is 1. The van der Waals surface area contributed by atoms with Gasteiger partial charge in [0.1, 0.15) is 5.75 Å². The molecule has 5 heteroatoms. The van der Waals surface area contributed by atoms with E-state index in [0.717, 1.165) is 11.1 Å². The maximum atomic E-state index is 9.90. The summed E-state index contributed by atoms with van der Waals surface area (Å²) in [4.78, 5) is 0. The molecule has 0 radical (unpaired) electrons. The normalized spacial score (nSPS) is 12.9. The molecule has 1 aromatic rings. The molecule has 1 aromatic carbocycles. The summed E-state index contributed by atoms with van der Waals surface area (Å²) in [6.45, 7) is 7.75. The first kappa shape index (κ1) is 17.2. The summed E-state index contributed by atoms with van der Waals surface area (Å²) in [6.07, 6.45) is -0.559. The second kappa shape index (κ2) is 8.47. The summed E-state index contributed by atoms with van der Waals surface area (Å²) in [5.74, 6) is 0.703. The van der Waals surface area contributed by atoms with Crippen molar-refractivity contribution in [1.29, 1.82) is 0 Å². The van der Waals surface area contributed by atoms with Gasteiger partial charge < -0.3 is 20.3 Å². The van der Waals surface area contributed by atoms with Crippen LogP contribution < -0.4 is 5.32 Å². The lowest BCUT2D eigenvalue weighted by atomic mass is 10.1. The predicted octanol–water partition coefficient (Wildman–Crippen LogP) is 2.48. The molecule has 0 spiro atoms. The van der Waals surface area contributed by atoms with E-state index < -0.39 is 6.10 Å². The molecular formula is C15H24ClNO3. The van der Waals surface area contributed by atoms with E-state index in [9.17, 15) is 10.2 Å². The summed E-state index contributed by atoms with van der Waals surface area (Å²) < 4.78 is 5.36. The third-order valence-corrected chi connectivity index (χ3v) is 3.02. The quantitative estimate of drug-likeness (QED) is 0.690. The average Bonchev–Trinajstić information content (AvgIpc) is 2.34. The highest BCUT2D eigenvalue weighted by Gasteiger charge is 2.08. The first-order chi connectivity index (χ1) is 9.40. The Balaban J connectivity index is 2.33. The van der Waals surface area contributed by atoms with Crippen LogP contribution in [0.4, 0.5) is 0 Å². The number of aryl methyl sites for hydroxylation is 1. The van der Waals surface area contributed by atoms with Gasteiger partial charge in [-0.15, -0.1) is 0 Å². The van der Waals surface area contributed by atoms with Gasteiger partial charge in [-0.2, -0.15) is 0 Å². The molecular weight excluding hydrogens is 278 g/mol. The molecule has 1 atom stereocenters. The molecule has 0 aliphatic heterocycles. The number of aromatic hydroxyl groups is 1. The zero-order valence-electron chi connectivity index (χ0n) is 12.3. The molecule has 0 amide bonds. The molecule has 0 saturated carbocycles. The van der Waals surface area contributed by atoms with E-state index in [2.05, 4.69) is 19.2 Å². The minimum atomic E-state index is -0.559. The van der Waals surface area contributed by atoms with Gasteiger partial charge in [0.25, 0.3) is 0 Å². The summed E-state index contributed by atoms with van der Waals surface area (Å²) in [5.41, 5.74) is 1.47. The van der Waals surface area contributed by atoms with Crippen LogP contribution >= 0.6 is 11.6 Å². The number of aliphatic hydroxyl groups excluding tert-OH is 1. The first-order valence-corrected chi connectivity index (χ1v) is 7.22. The van der Waals surface area contributed by atoms with E-state index in [1.807, 2.05) is 0 Å². The number of phenols is 1. The maximum Gasteiger partial charge on any atom is 0.123 e. The van der Waals surface area contributed by atoms with E-state index in [0.29, 0.717) is 37.2 Å². The highest BCUT2D eigenvalue weighted by atomic mass is 35.5. The van der Waals surface area contributed by atoms with E-state index in [4.69, 9.17) is 16.3 Å². The van der Waals surface area contributed by atoms with Crippen molar-refractivity contribution in [3.05, 3.63) is 28.3 Å². The highest BCUT2D eigenvalue weighted by molar-refractivity contribution is 6.30. The maximum absolute atomic E-state index is 9.90. The topological polar surface area (TPSA) is 61.7 Å². The Kier molecular flexibility index (Phi) is 7.30. The van der Waals surface area contributed by atoms with Crippen molar-refractivity contribution in [2.75, 3.05) is 19.8 Å². The van der Waals surface area contributed by atoms with Gasteiger partial charge in [-0.05, 0) is 30.5 Å². The van der Waals surface area contributed by atoms with E-state index in [1.54, 1.807) is 19.1 Å². The summed E-state index contributed by atoms with van der Waals surface area (Å²) in [5, 5.41) is 23.3. The van der Waals surface area contributed by atoms with Crippen LogP contribution in [0.5, 0.6) is 5.75 Å². The third-order valence-electron chi connectivity index (χ3n) is 2.80. The second-order valence-electron chi connectivity index (χ2n) is 5.45. The van der Waals surface area contributed by atoms with E-state index in [1.165, 1.54) is 0 Å². The summed E-state index contributed by atoms with van der Waals surface area (Å²) in [6, 6.07) is 3.44. The molecule has 0 saturated heterocycles. The molecule has 0 heterocycles. The fourth-order valence-corrected chi connectivity index (χ4v) is 2.11. The lowest BCUT2D eigenvalue weighted by Crippen LogP contribution is -2.30. The molecule has 1 unspecified atom stereocenters. The predicted molar refractivity (Wildman–Crippen MR) is 81.2 cm³/mol. The van der Waals surface area contributed by atoms with Crippen molar-refractivity contribution in [2.45, 2.75) is 33.4 Å². The molecule has 0 bridgehead atoms. The molecule has 1 rings (SSSR count). The number of aliphatic hydroxyl groups is 1. The van der Waals surface area contributed by atoms with Gasteiger partial charge in [0.15, 0.2) is 0 Å². The van der Waals surface area contributed by atoms with Crippen LogP contribution in [0.2, 0.25) is 5.02 Å². The third kappa shape index (κ3) is 6.09. The summed E-state index contributed by atoms with van der Waals surface area (Å²) >= 11 is 5.95. The molecule has 114 valence electrons. The van der Waals surface area contributed by atoms with Crippen LogP contribution in [0.15, 0.2) is 12.1 Å². The molecule has 3 N–H and O–H groups in total. The van der Waals surface area contributed by atoms with Crippen molar-refractivity contribution < 1.29 is 14.9 Å². The smallest absolute Gasteiger partial charge is 0.123 e. The fourth-order valence-electron chi connectivity index (χ4n) is 1.81. The fraction of sp³-hybridized carbons (Fsp3) is 0.600. The Bertz CT molecular complexity index is 424. The van der Waals surface area contributed by atoms with Gasteiger partial charge in [-0.3, -0.25) is 0 Å². The number of benzene rings is 1. The second-order valence-corrected chi connectivity index (χ2v) is 5.88. The minimum absolute atomic E-state index is 0.243. The zero-order valence-corrected chi connectivity index (χ0v) is 13.1. The molecule has 0 aliphatic carbocycles. The Morgan fingerprint density at radius 1 is 1.30 bits per heavy atom. The molecule has 4 nitrogen and oxygen atoms in total. The van der Waals surface area contributed by atoms with Crippen LogP contribution in [0.1, 0.15) is 25.0 Å². The summed E-state index contributed by atoms with van der Waals surface area (Å²) in [7, 11) is 0. The number of halogens is 1. The van der Waals surface area contributed by atoms with Crippen molar-refractivity contribution in [1.82, 2.24) is 5.32 Å². The molecule has 0 fully saturated rings. The lowest BCUT2D eigenvalue weighted by molar-refractivity contribution is 0.0260. The number of phenolic OH excluding ortho intramolecular Hbond substituents is 1. The van der Waals surface area contributed by atoms with Gasteiger partial charge in [-0.1, -0.05) is 25.4 Å². The average molecular weight is 302 g/mol. The van der Waals surface area contributed by atoms with Gasteiger partial charge in [0.05, 0.1) is 12.7 Å². The Hall–Kier alpha value is -0.810. The van der Waals surface area contributed by atoms with Gasteiger partial charge in [0.2, 0.25) is 0 Å². The Labute approximate surface area is 125 Å². The van der Waals surface area contributed by atoms with Crippen LogP contribution in [0.3, 0.4) is 0 Å². The van der Waals surface area contributed by atoms with Crippen LogP contribution in [0.25, 0.3) is 0 Å². The Morgan fingerprint density at radius 2 is 2.00 bits per heavy atom. The minimum Gasteiger partial charge on any atom is -0.507 e. The standard InChI is InChI=1S/C15H24ClNO3/c1-10(2)8-20-9-14(18)7-17-6-12-5-13(16)4-11(3)15(12)19/h4-5,10,14,17-19H,6-9H2,1-3H3. The lowest BCUT2D eigenvalue weighted by Gasteiger charge is -2.14. The molecule has 0 aromatic heterocycles. The van der Waals surface area contributed by atoms with Gasteiger partial charge in [0, 0.05) is 30.3 Å². The molecule has 0 aliphatic rings. The Morgan fingerprint density at radius 3 is 2.65 bits per heavy atom. The van der Waals surface area contributed by atoms with Crippen LogP contribution in [0, 0.1) is 12.8 Å². The zero-order chi connectivity index (χ0) is 15.1. The van der Waals surface area contributed by atoms with Crippen molar-refractivity contribution in [3.63, 3.8) is 0 Å². The first-order valence-electron chi connectivity index (χ1n) is 6.84. The van der Waals surface area contributed by atoms with Crippen LogP contribution in [-0.2, 0) is 11.3 Å². The highest BCUT2D eigenvalue weighted by Crippen LogP contribution is 2.26.